The van der Waals surface area contributed by atoms with Gasteiger partial charge in [-0.2, -0.15) is 0 Å². The van der Waals surface area contributed by atoms with Crippen molar-refractivity contribution in [1.29, 1.82) is 0 Å². The maximum absolute atomic E-state index is 13.9. The van der Waals surface area contributed by atoms with Gasteiger partial charge in [0, 0.05) is 37.5 Å². The monoisotopic (exact) mass is 458 g/mol. The molecule has 2 N–H and O–H groups in total. The molecule has 1 aromatic carbocycles. The highest BCUT2D eigenvalue weighted by atomic mass is 19.1. The summed E-state index contributed by atoms with van der Waals surface area (Å²) in [6, 6.07) is 2.97. The standard InChI is InChI=1S/C23H24F2N4O4/c24-16-6-5-15(18(25)7-16)8-26-22(32)17-11-29-19(21(31)20(17)30)23(33)27(9-13-1-2-13)12-28(29)10-14-3-4-14/h5-7,11,13-14,31H,1-4,8-10,12H2,(H,26,32). The van der Waals surface area contributed by atoms with E-state index in [9.17, 15) is 28.3 Å². The summed E-state index contributed by atoms with van der Waals surface area (Å²) in [5.41, 5.74) is -1.42. The smallest absolute Gasteiger partial charge is 0.277 e. The first-order valence-corrected chi connectivity index (χ1v) is 11.1. The summed E-state index contributed by atoms with van der Waals surface area (Å²) in [5, 5.41) is 14.9. The highest BCUT2D eigenvalue weighted by molar-refractivity contribution is 5.99. The Balaban J connectivity index is 1.44. The van der Waals surface area contributed by atoms with Crippen molar-refractivity contribution >= 4 is 11.8 Å². The van der Waals surface area contributed by atoms with Gasteiger partial charge in [-0.3, -0.25) is 24.1 Å². The second-order valence-corrected chi connectivity index (χ2v) is 9.08. The highest BCUT2D eigenvalue weighted by Gasteiger charge is 2.38. The lowest BCUT2D eigenvalue weighted by atomic mass is 10.1. The summed E-state index contributed by atoms with van der Waals surface area (Å²) >= 11 is 0. The van der Waals surface area contributed by atoms with Crippen LogP contribution in [0.1, 0.15) is 52.1 Å². The lowest BCUT2D eigenvalue weighted by Crippen LogP contribution is -2.55. The number of fused-ring (bicyclic) bond motifs is 1. The molecular formula is C23H24F2N4O4. The Hall–Kier alpha value is -3.43. The average molecular weight is 458 g/mol. The molecule has 0 bridgehead atoms. The minimum absolute atomic E-state index is 0.0493. The van der Waals surface area contributed by atoms with Crippen molar-refractivity contribution in [2.24, 2.45) is 11.8 Å². The number of rotatable bonds is 7. The fourth-order valence-corrected chi connectivity index (χ4v) is 4.09. The number of nitrogens with one attached hydrogen (secondary N) is 1. The molecule has 5 rings (SSSR count). The second-order valence-electron chi connectivity index (χ2n) is 9.08. The molecule has 2 saturated carbocycles. The second kappa shape index (κ2) is 8.17. The number of hydrogen-bond donors (Lipinski definition) is 2. The molecule has 0 saturated heterocycles. The molecule has 2 amide bonds. The summed E-state index contributed by atoms with van der Waals surface area (Å²) in [6.07, 6.45) is 5.50. The van der Waals surface area contributed by atoms with Crippen molar-refractivity contribution in [2.45, 2.75) is 32.2 Å². The maximum Gasteiger partial charge on any atom is 0.277 e. The SMILES string of the molecule is O=C(NCc1ccc(F)cc1F)c1cn2c(c(O)c1=O)C(=O)N(CC1CC1)CN2CC1CC1. The minimum Gasteiger partial charge on any atom is -0.502 e. The van der Waals surface area contributed by atoms with Gasteiger partial charge < -0.3 is 15.3 Å². The van der Waals surface area contributed by atoms with Gasteiger partial charge in [0.05, 0.1) is 0 Å². The van der Waals surface area contributed by atoms with E-state index in [1.807, 2.05) is 5.01 Å². The highest BCUT2D eigenvalue weighted by Crippen LogP contribution is 2.34. The summed E-state index contributed by atoms with van der Waals surface area (Å²) < 4.78 is 28.4. The number of pyridine rings is 1. The fourth-order valence-electron chi connectivity index (χ4n) is 4.09. The van der Waals surface area contributed by atoms with Gasteiger partial charge in [0.15, 0.2) is 11.4 Å². The predicted octanol–water partition coefficient (Wildman–Crippen LogP) is 1.93. The van der Waals surface area contributed by atoms with Gasteiger partial charge in [-0.1, -0.05) is 6.07 Å². The van der Waals surface area contributed by atoms with E-state index in [-0.39, 0.29) is 23.4 Å². The molecule has 8 nitrogen and oxygen atoms in total. The van der Waals surface area contributed by atoms with Crippen LogP contribution in [-0.4, -0.2) is 46.3 Å². The number of halogens is 2. The van der Waals surface area contributed by atoms with Crippen molar-refractivity contribution in [1.82, 2.24) is 14.9 Å². The van der Waals surface area contributed by atoms with Gasteiger partial charge in [-0.25, -0.2) is 8.78 Å². The Kier molecular flexibility index (Phi) is 5.30. The van der Waals surface area contributed by atoms with Crippen LogP contribution in [0.4, 0.5) is 8.78 Å². The molecule has 2 heterocycles. The molecule has 2 aromatic rings. The molecule has 3 aliphatic rings. The van der Waals surface area contributed by atoms with Gasteiger partial charge >= 0.3 is 0 Å². The van der Waals surface area contributed by atoms with Crippen LogP contribution in [0.15, 0.2) is 29.2 Å². The van der Waals surface area contributed by atoms with E-state index in [4.69, 9.17) is 0 Å². The lowest BCUT2D eigenvalue weighted by molar-refractivity contribution is 0.0675. The van der Waals surface area contributed by atoms with E-state index in [1.54, 1.807) is 4.90 Å². The summed E-state index contributed by atoms with van der Waals surface area (Å²) in [7, 11) is 0. The average Bonchev–Trinajstić information content (AvgIpc) is 3.69. The van der Waals surface area contributed by atoms with E-state index in [0.717, 1.165) is 31.7 Å². The first-order chi connectivity index (χ1) is 15.8. The van der Waals surface area contributed by atoms with Crippen molar-refractivity contribution in [3.05, 3.63) is 63.1 Å². The number of carbonyl (C=O) groups excluding carboxylic acids is 2. The third-order valence-electron chi connectivity index (χ3n) is 6.33. The lowest BCUT2D eigenvalue weighted by Gasteiger charge is -2.40. The molecular weight excluding hydrogens is 434 g/mol. The Morgan fingerprint density at radius 2 is 1.79 bits per heavy atom. The van der Waals surface area contributed by atoms with Crippen molar-refractivity contribution < 1.29 is 23.5 Å². The largest absolute Gasteiger partial charge is 0.502 e. The number of aromatic hydroxyl groups is 1. The zero-order chi connectivity index (χ0) is 23.3. The first-order valence-electron chi connectivity index (χ1n) is 11.1. The van der Waals surface area contributed by atoms with Crippen LogP contribution in [0.2, 0.25) is 0 Å². The molecule has 0 radical (unpaired) electrons. The third-order valence-corrected chi connectivity index (χ3v) is 6.33. The van der Waals surface area contributed by atoms with Crippen LogP contribution >= 0.6 is 0 Å². The first kappa shape index (κ1) is 21.4. The third kappa shape index (κ3) is 4.29. The van der Waals surface area contributed by atoms with Crippen LogP contribution < -0.4 is 15.8 Å². The maximum atomic E-state index is 13.9. The van der Waals surface area contributed by atoms with E-state index in [1.165, 1.54) is 16.9 Å². The normalized spacial score (nSPS) is 17.8. The van der Waals surface area contributed by atoms with E-state index in [0.29, 0.717) is 37.7 Å². The molecule has 10 heteroatoms. The summed E-state index contributed by atoms with van der Waals surface area (Å²) in [6.45, 7) is 1.24. The molecule has 2 aliphatic carbocycles. The summed E-state index contributed by atoms with van der Waals surface area (Å²) in [4.78, 5) is 40.3. The Bertz CT molecular complexity index is 1190. The molecule has 33 heavy (non-hydrogen) atoms. The quantitative estimate of drug-likeness (QED) is 0.661. The number of aromatic nitrogens is 1. The van der Waals surface area contributed by atoms with Crippen molar-refractivity contribution in [3.8, 4) is 5.75 Å². The molecule has 1 aliphatic heterocycles. The molecule has 0 unspecified atom stereocenters. The number of nitrogens with zero attached hydrogens (tertiary/aromatic N) is 3. The molecule has 2 fully saturated rings. The fraction of sp³-hybridized carbons (Fsp3) is 0.435. The zero-order valence-electron chi connectivity index (χ0n) is 17.9. The van der Waals surface area contributed by atoms with Crippen molar-refractivity contribution in [3.63, 3.8) is 0 Å². The minimum atomic E-state index is -0.966. The van der Waals surface area contributed by atoms with Gasteiger partial charge in [-0.05, 0) is 43.6 Å². The van der Waals surface area contributed by atoms with E-state index >= 15 is 0 Å². The van der Waals surface area contributed by atoms with Crippen LogP contribution in [-0.2, 0) is 6.54 Å². The number of benzene rings is 1. The van der Waals surface area contributed by atoms with Crippen LogP contribution in [0.3, 0.4) is 0 Å². The van der Waals surface area contributed by atoms with E-state index < -0.39 is 34.6 Å². The molecule has 0 spiro atoms. The Morgan fingerprint density at radius 1 is 1.09 bits per heavy atom. The topological polar surface area (TPSA) is 94.9 Å². The van der Waals surface area contributed by atoms with Gasteiger partial charge in [-0.15, -0.1) is 0 Å². The molecule has 0 atom stereocenters. The number of hydrogen-bond acceptors (Lipinski definition) is 5. The van der Waals surface area contributed by atoms with E-state index in [2.05, 4.69) is 5.32 Å². The number of carbonyl (C=O) groups is 2. The van der Waals surface area contributed by atoms with Gasteiger partial charge in [0.2, 0.25) is 5.43 Å². The summed E-state index contributed by atoms with van der Waals surface area (Å²) in [5.74, 6) is -2.71. The van der Waals surface area contributed by atoms with Gasteiger partial charge in [0.25, 0.3) is 11.8 Å². The molecule has 174 valence electrons. The molecule has 1 aromatic heterocycles. The van der Waals surface area contributed by atoms with Crippen LogP contribution in [0.25, 0.3) is 0 Å². The van der Waals surface area contributed by atoms with Crippen LogP contribution in [0.5, 0.6) is 5.75 Å². The predicted molar refractivity (Wildman–Crippen MR) is 114 cm³/mol. The Labute approximate surface area is 188 Å². The van der Waals surface area contributed by atoms with Crippen LogP contribution in [0, 0.1) is 23.5 Å². The number of amides is 2. The zero-order valence-corrected chi connectivity index (χ0v) is 17.9. The van der Waals surface area contributed by atoms with Gasteiger partial charge in [0.1, 0.15) is 23.9 Å². The van der Waals surface area contributed by atoms with Crippen molar-refractivity contribution in [2.75, 3.05) is 24.8 Å². The Morgan fingerprint density at radius 3 is 2.45 bits per heavy atom.